The average Bonchev–Trinajstić information content (AvgIpc) is 3.06. The van der Waals surface area contributed by atoms with Crippen molar-refractivity contribution in [3.05, 3.63) is 72.1 Å². The molecule has 27 heavy (non-hydrogen) atoms. The van der Waals surface area contributed by atoms with Gasteiger partial charge in [-0.25, -0.2) is 4.39 Å². The highest BCUT2D eigenvalue weighted by Gasteiger charge is 2.48. The number of hydrogen-bond acceptors (Lipinski definition) is 4. The standard InChI is InChI=1S/C20H17FN2O4/c21-15-7-10-16(11-8-15)22-19(26)20(13-18(24)25)12-17(23-27-20)9-6-14-4-2-1-3-5-14/h1-11H,12-13H2,(H,22,26)(H,24,25)/t20-/m0/s1. The van der Waals surface area contributed by atoms with Crippen molar-refractivity contribution in [1.82, 2.24) is 0 Å². The minimum absolute atomic E-state index is 0.00958. The van der Waals surface area contributed by atoms with Crippen LogP contribution in [0.5, 0.6) is 0 Å². The highest BCUT2D eigenvalue weighted by Crippen LogP contribution is 2.30. The van der Waals surface area contributed by atoms with Gasteiger partial charge in [0.1, 0.15) is 5.82 Å². The quantitative estimate of drug-likeness (QED) is 0.817. The number of allylic oxidation sites excluding steroid dienone is 1. The van der Waals surface area contributed by atoms with E-state index in [-0.39, 0.29) is 6.42 Å². The zero-order valence-corrected chi connectivity index (χ0v) is 14.3. The van der Waals surface area contributed by atoms with E-state index in [4.69, 9.17) is 4.84 Å². The number of oxime groups is 1. The SMILES string of the molecule is O=C(O)C[C@]1(C(=O)Nc2ccc(F)cc2)CC(C=Cc2ccccc2)=NO1. The van der Waals surface area contributed by atoms with Crippen molar-refractivity contribution in [2.24, 2.45) is 5.16 Å². The van der Waals surface area contributed by atoms with E-state index in [0.29, 0.717) is 11.4 Å². The molecule has 2 N–H and O–H groups in total. The predicted octanol–water partition coefficient (Wildman–Crippen LogP) is 3.47. The van der Waals surface area contributed by atoms with Crippen LogP contribution in [0.25, 0.3) is 6.08 Å². The lowest BCUT2D eigenvalue weighted by Gasteiger charge is -2.23. The lowest BCUT2D eigenvalue weighted by atomic mass is 9.92. The zero-order chi connectivity index (χ0) is 19.3. The molecule has 0 saturated carbocycles. The Bertz CT molecular complexity index is 894. The Morgan fingerprint density at radius 2 is 1.85 bits per heavy atom. The zero-order valence-electron chi connectivity index (χ0n) is 14.3. The first-order valence-electron chi connectivity index (χ1n) is 8.24. The largest absolute Gasteiger partial charge is 0.481 e. The molecule has 0 fully saturated rings. The molecule has 0 unspecified atom stereocenters. The second kappa shape index (κ2) is 7.82. The highest BCUT2D eigenvalue weighted by molar-refractivity contribution is 6.08. The first-order chi connectivity index (χ1) is 13.0. The van der Waals surface area contributed by atoms with Crippen molar-refractivity contribution >= 4 is 29.4 Å². The third-order valence-electron chi connectivity index (χ3n) is 4.02. The number of benzene rings is 2. The Balaban J connectivity index is 1.74. The van der Waals surface area contributed by atoms with E-state index < -0.39 is 29.7 Å². The van der Waals surface area contributed by atoms with Crippen LogP contribution in [0.15, 0.2) is 65.8 Å². The molecule has 1 aliphatic rings. The number of anilines is 1. The third-order valence-corrected chi connectivity index (χ3v) is 4.02. The summed E-state index contributed by atoms with van der Waals surface area (Å²) >= 11 is 0. The van der Waals surface area contributed by atoms with E-state index in [2.05, 4.69) is 10.5 Å². The number of nitrogens with zero attached hydrogens (tertiary/aromatic N) is 1. The summed E-state index contributed by atoms with van der Waals surface area (Å²) in [6, 6.07) is 14.6. The van der Waals surface area contributed by atoms with Gasteiger partial charge in [-0.05, 0) is 35.9 Å². The number of halogens is 1. The molecule has 0 aliphatic carbocycles. The molecule has 1 atom stereocenters. The molecule has 2 aromatic carbocycles. The molecule has 0 spiro atoms. The van der Waals surface area contributed by atoms with Gasteiger partial charge in [0.2, 0.25) is 5.60 Å². The molecule has 138 valence electrons. The third kappa shape index (κ3) is 4.58. The molecular weight excluding hydrogens is 351 g/mol. The number of carboxylic acid groups (broad SMARTS) is 1. The number of hydrogen-bond donors (Lipinski definition) is 2. The smallest absolute Gasteiger partial charge is 0.308 e. The van der Waals surface area contributed by atoms with Crippen LogP contribution >= 0.6 is 0 Å². The van der Waals surface area contributed by atoms with Gasteiger partial charge in [0.05, 0.1) is 12.1 Å². The number of nitrogens with one attached hydrogen (secondary N) is 1. The molecular formula is C20H17FN2O4. The van der Waals surface area contributed by atoms with E-state index in [1.54, 1.807) is 12.2 Å². The van der Waals surface area contributed by atoms with Crippen molar-refractivity contribution in [2.45, 2.75) is 18.4 Å². The Kier molecular flexibility index (Phi) is 5.30. The van der Waals surface area contributed by atoms with Crippen LogP contribution < -0.4 is 5.32 Å². The van der Waals surface area contributed by atoms with Gasteiger partial charge < -0.3 is 15.3 Å². The lowest BCUT2D eigenvalue weighted by Crippen LogP contribution is -2.45. The lowest BCUT2D eigenvalue weighted by molar-refractivity contribution is -0.152. The van der Waals surface area contributed by atoms with Gasteiger partial charge in [0, 0.05) is 12.1 Å². The number of carbonyl (C=O) groups excluding carboxylic acids is 1. The first kappa shape index (κ1) is 18.3. The van der Waals surface area contributed by atoms with Crippen LogP contribution in [-0.2, 0) is 14.4 Å². The molecule has 1 amide bonds. The second-order valence-corrected chi connectivity index (χ2v) is 6.12. The molecule has 0 bridgehead atoms. The minimum atomic E-state index is -1.66. The van der Waals surface area contributed by atoms with Crippen molar-refractivity contribution in [2.75, 3.05) is 5.32 Å². The number of aliphatic carboxylic acids is 1. The number of carbonyl (C=O) groups is 2. The van der Waals surface area contributed by atoms with Crippen LogP contribution in [0.2, 0.25) is 0 Å². The van der Waals surface area contributed by atoms with Crippen molar-refractivity contribution < 1.29 is 23.9 Å². The summed E-state index contributed by atoms with van der Waals surface area (Å²) in [7, 11) is 0. The van der Waals surface area contributed by atoms with Gasteiger partial charge in [-0.15, -0.1) is 0 Å². The maximum absolute atomic E-state index is 13.0. The van der Waals surface area contributed by atoms with E-state index in [1.807, 2.05) is 30.3 Å². The van der Waals surface area contributed by atoms with Crippen LogP contribution in [-0.4, -0.2) is 28.3 Å². The van der Waals surface area contributed by atoms with Gasteiger partial charge in [-0.1, -0.05) is 41.6 Å². The van der Waals surface area contributed by atoms with Gasteiger partial charge in [-0.2, -0.15) is 0 Å². The molecule has 7 heteroatoms. The number of carboxylic acids is 1. The molecule has 1 heterocycles. The fourth-order valence-electron chi connectivity index (χ4n) is 2.67. The maximum Gasteiger partial charge on any atom is 0.308 e. The molecule has 2 aromatic rings. The summed E-state index contributed by atoms with van der Waals surface area (Å²) in [4.78, 5) is 29.2. The van der Waals surface area contributed by atoms with Gasteiger partial charge >= 0.3 is 5.97 Å². The molecule has 6 nitrogen and oxygen atoms in total. The Labute approximate surface area is 155 Å². The van der Waals surface area contributed by atoms with E-state index in [9.17, 15) is 19.1 Å². The molecule has 0 radical (unpaired) electrons. The summed E-state index contributed by atoms with van der Waals surface area (Å²) in [5.74, 6) is -2.28. The normalized spacial score (nSPS) is 18.8. The summed E-state index contributed by atoms with van der Waals surface area (Å²) in [5.41, 5.74) is 0.0698. The molecule has 3 rings (SSSR count). The van der Waals surface area contributed by atoms with Gasteiger partial charge in [-0.3, -0.25) is 9.59 Å². The second-order valence-electron chi connectivity index (χ2n) is 6.12. The highest BCUT2D eigenvalue weighted by atomic mass is 19.1. The molecule has 1 aliphatic heterocycles. The Morgan fingerprint density at radius 3 is 2.52 bits per heavy atom. The minimum Gasteiger partial charge on any atom is -0.481 e. The average molecular weight is 368 g/mol. The van der Waals surface area contributed by atoms with Crippen LogP contribution in [0.3, 0.4) is 0 Å². The molecule has 0 aromatic heterocycles. The topological polar surface area (TPSA) is 88.0 Å². The summed E-state index contributed by atoms with van der Waals surface area (Å²) in [5, 5.41) is 15.6. The summed E-state index contributed by atoms with van der Waals surface area (Å²) in [6.07, 6.45) is 2.95. The monoisotopic (exact) mass is 368 g/mol. The molecule has 0 saturated heterocycles. The fourth-order valence-corrected chi connectivity index (χ4v) is 2.67. The van der Waals surface area contributed by atoms with Crippen LogP contribution in [0.4, 0.5) is 10.1 Å². The van der Waals surface area contributed by atoms with Crippen molar-refractivity contribution in [3.63, 3.8) is 0 Å². The predicted molar refractivity (Wildman–Crippen MR) is 98.6 cm³/mol. The van der Waals surface area contributed by atoms with Crippen molar-refractivity contribution in [3.8, 4) is 0 Å². The Hall–Kier alpha value is -3.48. The van der Waals surface area contributed by atoms with E-state index in [0.717, 1.165) is 5.56 Å². The number of amides is 1. The van der Waals surface area contributed by atoms with Crippen LogP contribution in [0.1, 0.15) is 18.4 Å². The maximum atomic E-state index is 13.0. The summed E-state index contributed by atoms with van der Waals surface area (Å²) < 4.78 is 13.0. The summed E-state index contributed by atoms with van der Waals surface area (Å²) in [6.45, 7) is 0. The fraction of sp³-hybridized carbons (Fsp3) is 0.150. The number of rotatable bonds is 6. The van der Waals surface area contributed by atoms with E-state index in [1.165, 1.54) is 24.3 Å². The Morgan fingerprint density at radius 1 is 1.15 bits per heavy atom. The van der Waals surface area contributed by atoms with Gasteiger partial charge in [0.25, 0.3) is 5.91 Å². The van der Waals surface area contributed by atoms with E-state index >= 15 is 0 Å². The van der Waals surface area contributed by atoms with Crippen molar-refractivity contribution in [1.29, 1.82) is 0 Å². The van der Waals surface area contributed by atoms with Gasteiger partial charge in [0.15, 0.2) is 0 Å². The first-order valence-corrected chi connectivity index (χ1v) is 8.24. The van der Waals surface area contributed by atoms with Crippen LogP contribution in [0, 0.1) is 5.82 Å².